The van der Waals surface area contributed by atoms with Crippen molar-refractivity contribution in [3.05, 3.63) is 23.9 Å². The molecule has 0 unspecified atom stereocenters. The second-order valence-electron chi connectivity index (χ2n) is 2.71. The maximum atomic E-state index is 11.1. The molecule has 0 fully saturated rings. The van der Waals surface area contributed by atoms with E-state index in [1.165, 1.54) is 0 Å². The summed E-state index contributed by atoms with van der Waals surface area (Å²) in [6.45, 7) is 0. The van der Waals surface area contributed by atoms with Gasteiger partial charge in [0.15, 0.2) is 0 Å². The average molecular weight is 177 g/mol. The lowest BCUT2D eigenvalue weighted by atomic mass is 10.1. The number of hydrogen-bond donors (Lipinski definition) is 0. The molecule has 1 aliphatic heterocycles. The van der Waals surface area contributed by atoms with E-state index in [0.29, 0.717) is 5.70 Å². The zero-order valence-electron chi connectivity index (χ0n) is 6.80. The Labute approximate surface area is 74.4 Å². The van der Waals surface area contributed by atoms with Gasteiger partial charge in [-0.15, -0.1) is 0 Å². The third kappa shape index (κ3) is 1.28. The van der Waals surface area contributed by atoms with Crippen molar-refractivity contribution in [3.63, 3.8) is 0 Å². The molecule has 0 aromatic heterocycles. The molecule has 1 heterocycles. The normalized spacial score (nSPS) is 21.2. The SMILES string of the molecule is O=C1N=NC(=O)N1C1=CCCC=C1. The zero-order valence-corrected chi connectivity index (χ0v) is 6.80. The van der Waals surface area contributed by atoms with Crippen LogP contribution in [0.2, 0.25) is 0 Å². The summed E-state index contributed by atoms with van der Waals surface area (Å²) < 4.78 is 0. The highest BCUT2D eigenvalue weighted by Crippen LogP contribution is 2.19. The van der Waals surface area contributed by atoms with Crippen LogP contribution in [0.5, 0.6) is 0 Å². The van der Waals surface area contributed by atoms with Crippen molar-refractivity contribution < 1.29 is 9.59 Å². The average Bonchev–Trinajstić information content (AvgIpc) is 2.48. The molecule has 0 aromatic rings. The third-order valence-corrected chi connectivity index (χ3v) is 1.84. The Morgan fingerprint density at radius 1 is 1.15 bits per heavy atom. The molecule has 1 aliphatic carbocycles. The number of hydrogen-bond acceptors (Lipinski definition) is 2. The fraction of sp³-hybridized carbons (Fsp3) is 0.250. The van der Waals surface area contributed by atoms with E-state index in [-0.39, 0.29) is 0 Å². The van der Waals surface area contributed by atoms with Gasteiger partial charge in [0.2, 0.25) is 0 Å². The molecule has 66 valence electrons. The lowest BCUT2D eigenvalue weighted by Crippen LogP contribution is -2.26. The van der Waals surface area contributed by atoms with Crippen molar-refractivity contribution >= 4 is 12.1 Å². The van der Waals surface area contributed by atoms with Gasteiger partial charge in [0.25, 0.3) is 0 Å². The van der Waals surface area contributed by atoms with Crippen molar-refractivity contribution in [1.82, 2.24) is 4.90 Å². The number of urea groups is 2. The standard InChI is InChI=1S/C8H7N3O2/c12-7-9-10-8(13)11(7)6-4-2-1-3-5-6/h2,4-5H,1,3H2. The minimum absolute atomic E-state index is 0.575. The summed E-state index contributed by atoms with van der Waals surface area (Å²) in [5.41, 5.74) is 0.575. The molecular formula is C8H7N3O2. The monoisotopic (exact) mass is 177 g/mol. The number of carbonyl (C=O) groups excluding carboxylic acids is 2. The number of carbonyl (C=O) groups is 2. The summed E-state index contributed by atoms with van der Waals surface area (Å²) in [4.78, 5) is 23.1. The Bertz CT molecular complexity index is 336. The quantitative estimate of drug-likeness (QED) is 0.616. The van der Waals surface area contributed by atoms with Crippen LogP contribution < -0.4 is 0 Å². The molecule has 5 heteroatoms. The number of azo groups is 1. The van der Waals surface area contributed by atoms with Gasteiger partial charge in [-0.3, -0.25) is 0 Å². The summed E-state index contributed by atoms with van der Waals surface area (Å²) in [5.74, 6) is 0. The Kier molecular flexibility index (Phi) is 1.77. The van der Waals surface area contributed by atoms with Gasteiger partial charge in [0, 0.05) is 0 Å². The van der Waals surface area contributed by atoms with E-state index in [0.717, 1.165) is 17.7 Å². The van der Waals surface area contributed by atoms with Gasteiger partial charge in [0.1, 0.15) is 0 Å². The Balaban J connectivity index is 2.26. The van der Waals surface area contributed by atoms with Gasteiger partial charge in [0.05, 0.1) is 5.70 Å². The van der Waals surface area contributed by atoms with Gasteiger partial charge >= 0.3 is 12.1 Å². The van der Waals surface area contributed by atoms with Gasteiger partial charge in [-0.2, -0.15) is 0 Å². The molecule has 0 N–H and O–H groups in total. The van der Waals surface area contributed by atoms with Crippen molar-refractivity contribution in [3.8, 4) is 0 Å². The van der Waals surface area contributed by atoms with Gasteiger partial charge in [-0.25, -0.2) is 14.5 Å². The van der Waals surface area contributed by atoms with Crippen molar-refractivity contribution in [1.29, 1.82) is 0 Å². The smallest absolute Gasteiger partial charge is 0.243 e. The molecule has 13 heavy (non-hydrogen) atoms. The summed E-state index contributed by atoms with van der Waals surface area (Å²) in [7, 11) is 0. The minimum atomic E-state index is -0.609. The van der Waals surface area contributed by atoms with Crippen LogP contribution in [0.1, 0.15) is 12.8 Å². The van der Waals surface area contributed by atoms with E-state index in [2.05, 4.69) is 10.2 Å². The van der Waals surface area contributed by atoms with Gasteiger partial charge in [-0.05, 0) is 18.9 Å². The molecule has 5 nitrogen and oxygen atoms in total. The van der Waals surface area contributed by atoms with Crippen molar-refractivity contribution in [2.75, 3.05) is 0 Å². The number of allylic oxidation sites excluding steroid dienone is 3. The topological polar surface area (TPSA) is 62.1 Å². The van der Waals surface area contributed by atoms with Crippen molar-refractivity contribution in [2.24, 2.45) is 10.2 Å². The van der Waals surface area contributed by atoms with E-state index in [4.69, 9.17) is 0 Å². The fourth-order valence-corrected chi connectivity index (χ4v) is 1.24. The molecule has 0 radical (unpaired) electrons. The lowest BCUT2D eigenvalue weighted by molar-refractivity contribution is 0.216. The van der Waals surface area contributed by atoms with Crippen LogP contribution in [0.4, 0.5) is 9.59 Å². The van der Waals surface area contributed by atoms with E-state index in [1.807, 2.05) is 12.2 Å². The molecule has 2 rings (SSSR count). The highest BCUT2D eigenvalue weighted by Gasteiger charge is 2.29. The van der Waals surface area contributed by atoms with Crippen LogP contribution >= 0.6 is 0 Å². The summed E-state index contributed by atoms with van der Waals surface area (Å²) in [6.07, 6.45) is 7.24. The van der Waals surface area contributed by atoms with Crippen molar-refractivity contribution in [2.45, 2.75) is 12.8 Å². The lowest BCUT2D eigenvalue weighted by Gasteiger charge is -2.13. The second-order valence-corrected chi connectivity index (χ2v) is 2.71. The largest absolute Gasteiger partial charge is 0.375 e. The van der Waals surface area contributed by atoms with E-state index in [1.54, 1.807) is 6.08 Å². The predicted octanol–water partition coefficient (Wildman–Crippen LogP) is 2.23. The minimum Gasteiger partial charge on any atom is -0.243 e. The van der Waals surface area contributed by atoms with Gasteiger partial charge in [-0.1, -0.05) is 22.4 Å². The van der Waals surface area contributed by atoms with Gasteiger partial charge < -0.3 is 0 Å². The summed E-state index contributed by atoms with van der Waals surface area (Å²) in [5, 5.41) is 6.32. The molecule has 0 saturated heterocycles. The van der Waals surface area contributed by atoms with Crippen LogP contribution in [0.3, 0.4) is 0 Å². The number of nitrogens with zero attached hydrogens (tertiary/aromatic N) is 3. The molecule has 0 atom stereocenters. The highest BCUT2D eigenvalue weighted by atomic mass is 16.2. The Morgan fingerprint density at radius 3 is 2.38 bits per heavy atom. The molecule has 0 bridgehead atoms. The maximum Gasteiger partial charge on any atom is 0.375 e. The summed E-state index contributed by atoms with van der Waals surface area (Å²) >= 11 is 0. The fourth-order valence-electron chi connectivity index (χ4n) is 1.24. The first kappa shape index (κ1) is 7.85. The van der Waals surface area contributed by atoms with Crippen LogP contribution in [0, 0.1) is 0 Å². The first-order valence-corrected chi connectivity index (χ1v) is 3.95. The molecular weight excluding hydrogens is 170 g/mol. The third-order valence-electron chi connectivity index (χ3n) is 1.84. The maximum absolute atomic E-state index is 11.1. The van der Waals surface area contributed by atoms with Crippen LogP contribution in [0.25, 0.3) is 0 Å². The molecule has 0 saturated carbocycles. The van der Waals surface area contributed by atoms with E-state index >= 15 is 0 Å². The first-order chi connectivity index (χ1) is 6.29. The number of imide groups is 1. The van der Waals surface area contributed by atoms with Crippen LogP contribution in [-0.2, 0) is 0 Å². The van der Waals surface area contributed by atoms with E-state index in [9.17, 15) is 9.59 Å². The predicted molar refractivity (Wildman–Crippen MR) is 43.9 cm³/mol. The first-order valence-electron chi connectivity index (χ1n) is 3.95. The molecule has 2 aliphatic rings. The summed E-state index contributed by atoms with van der Waals surface area (Å²) in [6, 6.07) is -1.22. The number of rotatable bonds is 1. The Hall–Kier alpha value is -1.78. The number of amides is 4. The second kappa shape index (κ2) is 2.93. The van der Waals surface area contributed by atoms with Crippen LogP contribution in [-0.4, -0.2) is 17.0 Å². The van der Waals surface area contributed by atoms with E-state index < -0.39 is 12.1 Å². The molecule has 4 amide bonds. The zero-order chi connectivity index (χ0) is 9.26. The Morgan fingerprint density at radius 2 is 1.85 bits per heavy atom. The highest BCUT2D eigenvalue weighted by molar-refractivity contribution is 6.00. The molecule has 0 spiro atoms. The molecule has 0 aromatic carbocycles. The van der Waals surface area contributed by atoms with Crippen LogP contribution in [0.15, 0.2) is 34.2 Å².